The van der Waals surface area contributed by atoms with Crippen molar-refractivity contribution in [2.45, 2.75) is 103 Å². The summed E-state index contributed by atoms with van der Waals surface area (Å²) in [6.45, 7) is 2.08. The molecule has 8 heteroatoms. The molecule has 0 aliphatic heterocycles. The topological polar surface area (TPSA) is 18.5 Å². The molecular weight excluding hydrogens is 530 g/mol. The fourth-order valence-corrected chi connectivity index (χ4v) is 7.51. The lowest BCUT2D eigenvalue weighted by Gasteiger charge is -2.42. The Morgan fingerprint density at radius 2 is 1.27 bits per heavy atom. The van der Waals surface area contributed by atoms with Crippen LogP contribution in [-0.2, 0) is 0 Å². The van der Waals surface area contributed by atoms with Crippen LogP contribution in [-0.4, -0.2) is 6.11 Å². The van der Waals surface area contributed by atoms with E-state index >= 15 is 0 Å². The van der Waals surface area contributed by atoms with Crippen molar-refractivity contribution in [2.75, 3.05) is 0 Å². The fourth-order valence-electron chi connectivity index (χ4n) is 7.51. The Kier molecular flexibility index (Phi) is 10.9. The lowest BCUT2D eigenvalue weighted by Crippen LogP contribution is -2.38. The second-order valence-corrected chi connectivity index (χ2v) is 12.1. The number of rotatable bonds is 10. The smallest absolute Gasteiger partial charge is 0.400 e. The highest BCUT2D eigenvalue weighted by molar-refractivity contribution is 5.35. The van der Waals surface area contributed by atoms with Crippen LogP contribution in [0.3, 0.4) is 0 Å². The van der Waals surface area contributed by atoms with Crippen LogP contribution in [0.25, 0.3) is 0 Å². The van der Waals surface area contributed by atoms with Crippen LogP contribution in [0.5, 0.6) is 11.5 Å². The van der Waals surface area contributed by atoms with Gasteiger partial charge in [-0.05, 0) is 114 Å². The molecule has 0 heterocycles. The monoisotopic (exact) mass is 572 g/mol. The van der Waals surface area contributed by atoms with E-state index in [1.54, 1.807) is 0 Å². The van der Waals surface area contributed by atoms with Crippen LogP contribution in [0.4, 0.5) is 26.3 Å². The molecule has 3 aliphatic carbocycles. The summed E-state index contributed by atoms with van der Waals surface area (Å²) in [6, 6.07) is 1.05. The van der Waals surface area contributed by atoms with Gasteiger partial charge in [-0.15, -0.1) is 0 Å². The molecule has 1 aromatic carbocycles. The van der Waals surface area contributed by atoms with Gasteiger partial charge in [0.1, 0.15) is 5.75 Å². The second-order valence-electron chi connectivity index (χ2n) is 12.1. The predicted octanol–water partition coefficient (Wildman–Crippen LogP) is 10.8. The molecule has 40 heavy (non-hydrogen) atoms. The van der Waals surface area contributed by atoms with E-state index in [0.29, 0.717) is 49.7 Å². The zero-order valence-electron chi connectivity index (χ0n) is 23.3. The number of hydrogen-bond acceptors (Lipinski definition) is 2. The molecule has 224 valence electrons. The Morgan fingerprint density at radius 3 is 1.75 bits per heavy atom. The first-order valence-corrected chi connectivity index (χ1v) is 15.0. The molecule has 2 nitrogen and oxygen atoms in total. The van der Waals surface area contributed by atoms with Gasteiger partial charge in [0.05, 0.1) is 5.92 Å². The quantitative estimate of drug-likeness (QED) is 0.158. The normalized spacial score (nSPS) is 29.8. The van der Waals surface area contributed by atoms with Crippen LogP contribution >= 0.6 is 0 Å². The van der Waals surface area contributed by atoms with Crippen molar-refractivity contribution in [3.63, 3.8) is 0 Å². The maximum Gasteiger partial charge on any atom is 0.400 e. The van der Waals surface area contributed by atoms with Crippen molar-refractivity contribution in [3.05, 3.63) is 48.3 Å². The Hall–Kier alpha value is -2.12. The van der Waals surface area contributed by atoms with Crippen LogP contribution in [0.15, 0.2) is 36.6 Å². The highest BCUT2D eigenvalue weighted by atomic mass is 19.3. The third-order valence-electron chi connectivity index (χ3n) is 9.76. The SMILES string of the molecule is CC=CCCC1CCC(C2CCC(C3CCC(C(F)(F)Oc4cc(F)c(OC=C(F)F)c(F)c4)CC3)CC2)CC1. The molecule has 4 rings (SSSR count). The van der Waals surface area contributed by atoms with Crippen LogP contribution in [0.2, 0.25) is 0 Å². The summed E-state index contributed by atoms with van der Waals surface area (Å²) in [7, 11) is 0. The Morgan fingerprint density at radius 1 is 0.800 bits per heavy atom. The predicted molar refractivity (Wildman–Crippen MR) is 143 cm³/mol. The molecule has 0 unspecified atom stereocenters. The van der Waals surface area contributed by atoms with Gasteiger partial charge in [0.15, 0.2) is 23.6 Å². The summed E-state index contributed by atoms with van der Waals surface area (Å²) >= 11 is 0. The molecule has 0 spiro atoms. The molecule has 0 bridgehead atoms. The van der Waals surface area contributed by atoms with Gasteiger partial charge in [-0.25, -0.2) is 8.78 Å². The average molecular weight is 573 g/mol. The lowest BCUT2D eigenvalue weighted by molar-refractivity contribution is -0.224. The van der Waals surface area contributed by atoms with Crippen molar-refractivity contribution in [1.82, 2.24) is 0 Å². The van der Waals surface area contributed by atoms with Gasteiger partial charge in [0, 0.05) is 12.1 Å². The largest absolute Gasteiger partial charge is 0.453 e. The third-order valence-corrected chi connectivity index (χ3v) is 9.76. The van der Waals surface area contributed by atoms with Crippen LogP contribution < -0.4 is 9.47 Å². The molecule has 0 amide bonds. The summed E-state index contributed by atoms with van der Waals surface area (Å²) in [6.07, 6.45) is 13.2. The van der Waals surface area contributed by atoms with Crippen molar-refractivity contribution < 1.29 is 35.8 Å². The molecule has 3 saturated carbocycles. The first kappa shape index (κ1) is 30.8. The van der Waals surface area contributed by atoms with Gasteiger partial charge in [0.25, 0.3) is 0 Å². The van der Waals surface area contributed by atoms with E-state index in [9.17, 15) is 26.3 Å². The number of hydrogen-bond donors (Lipinski definition) is 0. The molecule has 0 atom stereocenters. The summed E-state index contributed by atoms with van der Waals surface area (Å²) in [5, 5.41) is 0. The van der Waals surface area contributed by atoms with Crippen molar-refractivity contribution >= 4 is 0 Å². The van der Waals surface area contributed by atoms with E-state index in [2.05, 4.69) is 23.8 Å². The molecule has 0 radical (unpaired) electrons. The minimum absolute atomic E-state index is 0.125. The van der Waals surface area contributed by atoms with Gasteiger partial charge in [-0.3, -0.25) is 0 Å². The second kappa shape index (κ2) is 14.2. The summed E-state index contributed by atoms with van der Waals surface area (Å²) in [5.74, 6) is -2.10. The van der Waals surface area contributed by atoms with Crippen molar-refractivity contribution in [3.8, 4) is 11.5 Å². The van der Waals surface area contributed by atoms with E-state index < -0.39 is 41.2 Å². The molecule has 0 aromatic heterocycles. The number of allylic oxidation sites excluding steroid dienone is 2. The van der Waals surface area contributed by atoms with Crippen molar-refractivity contribution in [2.24, 2.45) is 35.5 Å². The third kappa shape index (κ3) is 8.22. The minimum Gasteiger partial charge on any atom is -0.453 e. The van der Waals surface area contributed by atoms with E-state index in [-0.39, 0.29) is 6.26 Å². The molecule has 0 N–H and O–H groups in total. The molecule has 3 aliphatic rings. The maximum absolute atomic E-state index is 14.9. The zero-order valence-corrected chi connectivity index (χ0v) is 23.3. The summed E-state index contributed by atoms with van der Waals surface area (Å²) in [4.78, 5) is 0. The summed E-state index contributed by atoms with van der Waals surface area (Å²) < 4.78 is 91.4. The van der Waals surface area contributed by atoms with Crippen LogP contribution in [0, 0.1) is 47.1 Å². The Labute approximate surface area is 234 Å². The van der Waals surface area contributed by atoms with E-state index in [4.69, 9.17) is 4.74 Å². The zero-order chi connectivity index (χ0) is 28.7. The van der Waals surface area contributed by atoms with Gasteiger partial charge in [-0.1, -0.05) is 25.0 Å². The fraction of sp³-hybridized carbons (Fsp3) is 0.688. The Bertz CT molecular complexity index is 974. The number of benzene rings is 1. The number of alkyl halides is 2. The van der Waals surface area contributed by atoms with E-state index in [1.807, 2.05) is 0 Å². The first-order chi connectivity index (χ1) is 19.2. The lowest BCUT2D eigenvalue weighted by atomic mass is 9.65. The number of ether oxygens (including phenoxy) is 2. The molecule has 3 fully saturated rings. The van der Waals surface area contributed by atoms with Crippen LogP contribution in [0.1, 0.15) is 96.8 Å². The Balaban J connectivity index is 1.21. The first-order valence-electron chi connectivity index (χ1n) is 15.0. The van der Waals surface area contributed by atoms with Crippen molar-refractivity contribution in [1.29, 1.82) is 0 Å². The highest BCUT2D eigenvalue weighted by Crippen LogP contribution is 2.48. The van der Waals surface area contributed by atoms with E-state index in [0.717, 1.165) is 17.8 Å². The maximum atomic E-state index is 14.9. The highest BCUT2D eigenvalue weighted by Gasteiger charge is 2.45. The van der Waals surface area contributed by atoms with Gasteiger partial charge in [-0.2, -0.15) is 17.6 Å². The van der Waals surface area contributed by atoms with Gasteiger partial charge >= 0.3 is 12.2 Å². The molecule has 0 saturated heterocycles. The molecule has 1 aromatic rings. The standard InChI is InChI=1S/C32H42F6O2/c1-2-3-4-5-21-6-8-22(9-7-21)23-10-12-24(13-11-23)25-14-16-26(17-15-25)32(37,38)40-27-18-28(33)31(29(34)19-27)39-20-30(35)36/h2-3,18-26H,4-17H2,1H3. The average Bonchev–Trinajstić information content (AvgIpc) is 2.93. The summed E-state index contributed by atoms with van der Waals surface area (Å²) in [5.41, 5.74) is 0. The molecular formula is C32H42F6O2. The minimum atomic E-state index is -3.60. The van der Waals surface area contributed by atoms with Gasteiger partial charge in [0.2, 0.25) is 0 Å². The number of halogens is 6. The van der Waals surface area contributed by atoms with Gasteiger partial charge < -0.3 is 9.47 Å². The van der Waals surface area contributed by atoms with E-state index in [1.165, 1.54) is 64.2 Å².